The molecule has 2 unspecified atom stereocenters. The van der Waals surface area contributed by atoms with E-state index in [-0.39, 0.29) is 17.7 Å². The van der Waals surface area contributed by atoms with Gasteiger partial charge < -0.3 is 15.0 Å². The highest BCUT2D eigenvalue weighted by molar-refractivity contribution is 6.01. The van der Waals surface area contributed by atoms with Crippen LogP contribution in [0.15, 0.2) is 6.07 Å². The lowest BCUT2D eigenvalue weighted by Crippen LogP contribution is -2.51. The van der Waals surface area contributed by atoms with Gasteiger partial charge in [-0.05, 0) is 31.7 Å². The number of hydrogen-bond donors (Lipinski definition) is 1. The number of piperidine rings is 1. The number of amides is 2. The summed E-state index contributed by atoms with van der Waals surface area (Å²) in [7, 11) is 3.35. The summed E-state index contributed by atoms with van der Waals surface area (Å²) in [5.41, 5.74) is 0.688. The van der Waals surface area contributed by atoms with Gasteiger partial charge in [0.25, 0.3) is 5.91 Å². The van der Waals surface area contributed by atoms with Gasteiger partial charge in [-0.25, -0.2) is 0 Å². The van der Waals surface area contributed by atoms with E-state index < -0.39 is 5.54 Å². The van der Waals surface area contributed by atoms with E-state index in [9.17, 15) is 9.59 Å². The summed E-state index contributed by atoms with van der Waals surface area (Å²) in [6.07, 6.45) is 1.65. The van der Waals surface area contributed by atoms with Crippen molar-refractivity contribution in [2.75, 3.05) is 26.8 Å². The molecule has 0 radical (unpaired) electrons. The van der Waals surface area contributed by atoms with Crippen LogP contribution in [-0.4, -0.2) is 58.8 Å². The summed E-state index contributed by atoms with van der Waals surface area (Å²) >= 11 is 0. The third-order valence-corrected chi connectivity index (χ3v) is 4.71. The predicted molar refractivity (Wildman–Crippen MR) is 79.3 cm³/mol. The Morgan fingerprint density at radius 2 is 2.32 bits per heavy atom. The second-order valence-electron chi connectivity index (χ2n) is 6.11. The Hall–Kier alpha value is -1.89. The van der Waals surface area contributed by atoms with E-state index >= 15 is 0 Å². The molecule has 2 aliphatic rings. The maximum absolute atomic E-state index is 12.8. The van der Waals surface area contributed by atoms with Gasteiger partial charge in [-0.1, -0.05) is 0 Å². The first-order chi connectivity index (χ1) is 10.5. The van der Waals surface area contributed by atoms with E-state index in [2.05, 4.69) is 10.4 Å². The number of carbonyl (C=O) groups excluding carboxylic acids is 2. The Labute approximate surface area is 129 Å². The van der Waals surface area contributed by atoms with Crippen molar-refractivity contribution in [3.63, 3.8) is 0 Å². The minimum absolute atomic E-state index is 0.0562. The Morgan fingerprint density at radius 3 is 2.91 bits per heavy atom. The quantitative estimate of drug-likeness (QED) is 0.783. The maximum Gasteiger partial charge on any atom is 0.273 e. The van der Waals surface area contributed by atoms with Crippen LogP contribution in [0.4, 0.5) is 0 Å². The van der Waals surface area contributed by atoms with E-state index in [1.165, 1.54) is 0 Å². The van der Waals surface area contributed by atoms with E-state index in [1.54, 1.807) is 29.8 Å². The summed E-state index contributed by atoms with van der Waals surface area (Å²) < 4.78 is 6.54. The summed E-state index contributed by atoms with van der Waals surface area (Å²) in [5, 5.41) is 7.11. The molecule has 2 amide bonds. The summed E-state index contributed by atoms with van der Waals surface area (Å²) in [4.78, 5) is 27.1. The topological polar surface area (TPSA) is 76.5 Å². The normalized spacial score (nSPS) is 26.0. The van der Waals surface area contributed by atoms with E-state index in [4.69, 9.17) is 4.74 Å². The monoisotopic (exact) mass is 306 g/mol. The summed E-state index contributed by atoms with van der Waals surface area (Å²) in [5.74, 6) is 0.123. The second-order valence-corrected chi connectivity index (χ2v) is 6.11. The van der Waals surface area contributed by atoms with Crippen molar-refractivity contribution in [3.05, 3.63) is 17.5 Å². The molecule has 2 fully saturated rings. The van der Waals surface area contributed by atoms with Crippen LogP contribution in [0.5, 0.6) is 0 Å². The lowest BCUT2D eigenvalue weighted by molar-refractivity contribution is -0.126. The maximum atomic E-state index is 12.8. The molecule has 2 heterocycles. The van der Waals surface area contributed by atoms with Gasteiger partial charge in [0, 0.05) is 27.2 Å². The van der Waals surface area contributed by atoms with Gasteiger partial charge >= 0.3 is 0 Å². The van der Waals surface area contributed by atoms with Crippen LogP contribution in [-0.2, 0) is 16.6 Å². The molecule has 120 valence electrons. The number of aromatic nitrogens is 2. The molecule has 1 N–H and O–H groups in total. The molecular weight excluding hydrogens is 284 g/mol. The van der Waals surface area contributed by atoms with Gasteiger partial charge in [-0.15, -0.1) is 0 Å². The van der Waals surface area contributed by atoms with Crippen LogP contribution in [0.1, 0.15) is 29.0 Å². The average Bonchev–Trinajstić information content (AvgIpc) is 2.94. The lowest BCUT2D eigenvalue weighted by Gasteiger charge is -2.27. The van der Waals surface area contributed by atoms with Crippen molar-refractivity contribution in [1.29, 1.82) is 0 Å². The summed E-state index contributed by atoms with van der Waals surface area (Å²) in [6, 6.07) is 1.77. The van der Waals surface area contributed by atoms with Crippen molar-refractivity contribution in [2.45, 2.75) is 25.3 Å². The number of likely N-dealkylation sites (tertiary alicyclic amines) is 1. The molecule has 1 aromatic heterocycles. The molecule has 7 heteroatoms. The molecule has 3 rings (SSSR count). The number of carbonyl (C=O) groups is 2. The van der Waals surface area contributed by atoms with Gasteiger partial charge in [0.15, 0.2) is 0 Å². The standard InChI is InChI=1S/C15H22N4O3/c1-10-8-12(18(2)17-10)13(20)19-6-4-11-9-15(11,19)14(21)16-5-7-22-3/h8,11H,4-7,9H2,1-3H3,(H,16,21). The average molecular weight is 306 g/mol. The molecule has 1 aliphatic heterocycles. The molecule has 0 bridgehead atoms. The molecule has 1 aromatic rings. The highest BCUT2D eigenvalue weighted by Gasteiger charge is 2.68. The molecule has 1 aliphatic carbocycles. The second kappa shape index (κ2) is 5.39. The fourth-order valence-corrected chi connectivity index (χ4v) is 3.52. The molecule has 7 nitrogen and oxygen atoms in total. The molecular formula is C15H22N4O3. The summed E-state index contributed by atoms with van der Waals surface area (Å²) in [6.45, 7) is 3.43. The first kappa shape index (κ1) is 15.0. The number of ether oxygens (including phenoxy) is 1. The smallest absolute Gasteiger partial charge is 0.273 e. The van der Waals surface area contributed by atoms with Crippen LogP contribution in [0.3, 0.4) is 0 Å². The Balaban J connectivity index is 1.77. The highest BCUT2D eigenvalue weighted by Crippen LogP contribution is 2.56. The third-order valence-electron chi connectivity index (χ3n) is 4.71. The first-order valence-electron chi connectivity index (χ1n) is 7.60. The van der Waals surface area contributed by atoms with Gasteiger partial charge in [0.1, 0.15) is 11.2 Å². The fraction of sp³-hybridized carbons (Fsp3) is 0.667. The SMILES string of the molecule is COCCNC(=O)C12CC1CCN2C(=O)c1cc(C)nn1C. The zero-order valence-corrected chi connectivity index (χ0v) is 13.3. The van der Waals surface area contributed by atoms with Crippen molar-refractivity contribution >= 4 is 11.8 Å². The van der Waals surface area contributed by atoms with Gasteiger partial charge in [0.05, 0.1) is 12.3 Å². The molecule has 0 spiro atoms. The number of aryl methyl sites for hydroxylation is 2. The number of nitrogens with one attached hydrogen (secondary N) is 1. The third kappa shape index (κ3) is 2.20. The number of methoxy groups -OCH3 is 1. The van der Waals surface area contributed by atoms with Crippen molar-refractivity contribution in [3.8, 4) is 0 Å². The Bertz CT molecular complexity index is 612. The van der Waals surface area contributed by atoms with Crippen LogP contribution in [0.2, 0.25) is 0 Å². The fourth-order valence-electron chi connectivity index (χ4n) is 3.52. The zero-order valence-electron chi connectivity index (χ0n) is 13.3. The largest absolute Gasteiger partial charge is 0.383 e. The zero-order chi connectivity index (χ0) is 15.9. The van der Waals surface area contributed by atoms with E-state index in [0.29, 0.717) is 25.4 Å². The molecule has 0 aromatic carbocycles. The first-order valence-corrected chi connectivity index (χ1v) is 7.60. The molecule has 2 atom stereocenters. The predicted octanol–water partition coefficient (Wildman–Crippen LogP) is 0.0957. The van der Waals surface area contributed by atoms with Crippen LogP contribution < -0.4 is 5.32 Å². The minimum atomic E-state index is -0.650. The molecule has 1 saturated heterocycles. The van der Waals surface area contributed by atoms with Gasteiger partial charge in [-0.3, -0.25) is 14.3 Å². The van der Waals surface area contributed by atoms with Crippen molar-refractivity contribution < 1.29 is 14.3 Å². The number of fused-ring (bicyclic) bond motifs is 1. The van der Waals surface area contributed by atoms with E-state index in [1.807, 2.05) is 6.92 Å². The highest BCUT2D eigenvalue weighted by atomic mass is 16.5. The van der Waals surface area contributed by atoms with Gasteiger partial charge in [-0.2, -0.15) is 5.10 Å². The van der Waals surface area contributed by atoms with Crippen LogP contribution in [0, 0.1) is 12.8 Å². The lowest BCUT2D eigenvalue weighted by atomic mass is 10.1. The Morgan fingerprint density at radius 1 is 1.55 bits per heavy atom. The van der Waals surface area contributed by atoms with Crippen molar-refractivity contribution in [2.24, 2.45) is 13.0 Å². The van der Waals surface area contributed by atoms with Crippen LogP contribution >= 0.6 is 0 Å². The van der Waals surface area contributed by atoms with Crippen molar-refractivity contribution in [1.82, 2.24) is 20.0 Å². The minimum Gasteiger partial charge on any atom is -0.383 e. The number of rotatable bonds is 5. The Kier molecular flexibility index (Phi) is 3.68. The van der Waals surface area contributed by atoms with Gasteiger partial charge in [0.2, 0.25) is 5.91 Å². The van der Waals surface area contributed by atoms with E-state index in [0.717, 1.165) is 18.5 Å². The number of nitrogens with zero attached hydrogens (tertiary/aromatic N) is 3. The van der Waals surface area contributed by atoms with Crippen LogP contribution in [0.25, 0.3) is 0 Å². The molecule has 1 saturated carbocycles. The molecule has 22 heavy (non-hydrogen) atoms. The number of hydrogen-bond acceptors (Lipinski definition) is 4.